The first-order valence-electron chi connectivity index (χ1n) is 6.73. The zero-order chi connectivity index (χ0) is 14.9. The van der Waals surface area contributed by atoms with Crippen LogP contribution in [-0.2, 0) is 16.6 Å². The van der Waals surface area contributed by atoms with Crippen LogP contribution in [-0.4, -0.2) is 56.0 Å². The number of thiophene rings is 1. The second kappa shape index (κ2) is 6.11. The van der Waals surface area contributed by atoms with Crippen LogP contribution in [0.15, 0.2) is 11.0 Å². The van der Waals surface area contributed by atoms with Crippen LogP contribution in [0.1, 0.15) is 22.6 Å². The zero-order valence-electron chi connectivity index (χ0n) is 12.2. The molecule has 1 N–H and O–H groups in total. The fourth-order valence-corrected chi connectivity index (χ4v) is 5.53. The Kier molecular flexibility index (Phi) is 4.86. The minimum Gasteiger partial charge on any atom is -0.391 e. The van der Waals surface area contributed by atoms with Crippen molar-refractivity contribution in [2.45, 2.75) is 37.3 Å². The molecule has 0 atom stereocenters. The van der Waals surface area contributed by atoms with Gasteiger partial charge >= 0.3 is 0 Å². The van der Waals surface area contributed by atoms with Crippen molar-refractivity contribution < 1.29 is 13.5 Å². The summed E-state index contributed by atoms with van der Waals surface area (Å²) in [6, 6.07) is 2.06. The summed E-state index contributed by atoms with van der Waals surface area (Å²) in [5, 5.41) is 9.14. The van der Waals surface area contributed by atoms with Crippen molar-refractivity contribution in [2.75, 3.05) is 27.2 Å². The van der Waals surface area contributed by atoms with Crippen molar-refractivity contribution in [3.8, 4) is 0 Å². The molecule has 0 spiro atoms. The van der Waals surface area contributed by atoms with Gasteiger partial charge in [-0.1, -0.05) is 0 Å². The lowest BCUT2D eigenvalue weighted by Gasteiger charge is -2.34. The number of hydrogen-bond donors (Lipinski definition) is 1. The minimum atomic E-state index is -3.42. The smallest absolute Gasteiger partial charge is 0.244 e. The van der Waals surface area contributed by atoms with Crippen LogP contribution in [0.5, 0.6) is 0 Å². The Morgan fingerprint density at radius 1 is 1.40 bits per heavy atom. The zero-order valence-corrected chi connectivity index (χ0v) is 13.8. The third-order valence-electron chi connectivity index (χ3n) is 3.85. The van der Waals surface area contributed by atoms with Gasteiger partial charge in [0.2, 0.25) is 10.0 Å². The topological polar surface area (TPSA) is 60.9 Å². The summed E-state index contributed by atoms with van der Waals surface area (Å²) in [5.74, 6) is 0. The summed E-state index contributed by atoms with van der Waals surface area (Å²) >= 11 is 1.35. The van der Waals surface area contributed by atoms with Crippen LogP contribution in [0.4, 0.5) is 0 Å². The van der Waals surface area contributed by atoms with E-state index in [-0.39, 0.29) is 6.61 Å². The maximum Gasteiger partial charge on any atom is 0.244 e. The summed E-state index contributed by atoms with van der Waals surface area (Å²) in [6.45, 7) is 2.82. The van der Waals surface area contributed by atoms with Crippen molar-refractivity contribution in [1.29, 1.82) is 0 Å². The molecule has 1 aromatic heterocycles. The predicted molar refractivity (Wildman–Crippen MR) is 80.4 cm³/mol. The first-order valence-corrected chi connectivity index (χ1v) is 8.98. The SMILES string of the molecule is Cc1sc(CO)cc1S(=O)(=O)N1CCC(N(C)C)CC1. The summed E-state index contributed by atoms with van der Waals surface area (Å²) in [5.41, 5.74) is 0. The summed E-state index contributed by atoms with van der Waals surface area (Å²) < 4.78 is 26.9. The molecule has 0 bridgehead atoms. The minimum absolute atomic E-state index is 0.107. The molecule has 0 aliphatic carbocycles. The van der Waals surface area contributed by atoms with Gasteiger partial charge in [-0.15, -0.1) is 11.3 Å². The second-order valence-electron chi connectivity index (χ2n) is 5.39. The Labute approximate surface area is 124 Å². The highest BCUT2D eigenvalue weighted by atomic mass is 32.2. The average Bonchev–Trinajstić information content (AvgIpc) is 2.81. The highest BCUT2D eigenvalue weighted by Crippen LogP contribution is 2.30. The third kappa shape index (κ3) is 3.07. The largest absolute Gasteiger partial charge is 0.391 e. The second-order valence-corrected chi connectivity index (χ2v) is 8.64. The highest BCUT2D eigenvalue weighted by molar-refractivity contribution is 7.89. The molecule has 0 unspecified atom stereocenters. The summed E-state index contributed by atoms with van der Waals surface area (Å²) in [4.78, 5) is 3.96. The Morgan fingerprint density at radius 3 is 2.45 bits per heavy atom. The quantitative estimate of drug-likeness (QED) is 0.908. The fourth-order valence-electron chi connectivity index (χ4n) is 2.60. The third-order valence-corrected chi connectivity index (χ3v) is 7.04. The Hall–Kier alpha value is -0.470. The molecule has 2 heterocycles. The van der Waals surface area contributed by atoms with E-state index < -0.39 is 10.0 Å². The number of hydrogen-bond acceptors (Lipinski definition) is 5. The van der Waals surface area contributed by atoms with Crippen LogP contribution in [0.2, 0.25) is 0 Å². The highest BCUT2D eigenvalue weighted by Gasteiger charge is 2.31. The Balaban J connectivity index is 2.17. The van der Waals surface area contributed by atoms with E-state index in [4.69, 9.17) is 5.11 Å². The van der Waals surface area contributed by atoms with E-state index >= 15 is 0 Å². The number of aliphatic hydroxyl groups excluding tert-OH is 1. The van der Waals surface area contributed by atoms with E-state index in [1.54, 1.807) is 17.3 Å². The maximum atomic E-state index is 12.7. The van der Waals surface area contributed by atoms with E-state index in [1.807, 2.05) is 14.1 Å². The van der Waals surface area contributed by atoms with Gasteiger partial charge in [0, 0.05) is 28.9 Å². The summed E-state index contributed by atoms with van der Waals surface area (Å²) in [7, 11) is 0.649. The molecular formula is C13H22N2O3S2. The molecule has 0 aromatic carbocycles. The van der Waals surface area contributed by atoms with Gasteiger partial charge in [-0.05, 0) is 39.9 Å². The number of piperidine rings is 1. The molecule has 1 aromatic rings. The molecule has 1 fully saturated rings. The van der Waals surface area contributed by atoms with Gasteiger partial charge in [0.15, 0.2) is 0 Å². The van der Waals surface area contributed by atoms with Crippen LogP contribution in [0, 0.1) is 6.92 Å². The van der Waals surface area contributed by atoms with Crippen molar-refractivity contribution in [2.24, 2.45) is 0 Å². The van der Waals surface area contributed by atoms with Gasteiger partial charge in [-0.3, -0.25) is 0 Å². The molecule has 114 valence electrons. The van der Waals surface area contributed by atoms with Crippen molar-refractivity contribution in [1.82, 2.24) is 9.21 Å². The molecule has 20 heavy (non-hydrogen) atoms. The van der Waals surface area contributed by atoms with Crippen molar-refractivity contribution in [3.05, 3.63) is 15.8 Å². The molecule has 1 aliphatic heterocycles. The lowest BCUT2D eigenvalue weighted by atomic mass is 10.1. The molecule has 1 saturated heterocycles. The number of aliphatic hydroxyl groups is 1. The van der Waals surface area contributed by atoms with Crippen LogP contribution in [0.3, 0.4) is 0 Å². The van der Waals surface area contributed by atoms with Gasteiger partial charge in [-0.2, -0.15) is 4.31 Å². The standard InChI is InChI=1S/C13H22N2O3S2/c1-10-13(8-12(9-16)19-10)20(17,18)15-6-4-11(5-7-15)14(2)3/h8,11,16H,4-7,9H2,1-3H3. The average molecular weight is 318 g/mol. The van der Waals surface area contributed by atoms with Gasteiger partial charge < -0.3 is 10.0 Å². The number of nitrogens with zero attached hydrogens (tertiary/aromatic N) is 2. The first kappa shape index (κ1) is 15.9. The first-order chi connectivity index (χ1) is 9.36. The molecular weight excluding hydrogens is 296 g/mol. The van der Waals surface area contributed by atoms with E-state index in [0.717, 1.165) is 17.7 Å². The molecule has 1 aliphatic rings. The molecule has 2 rings (SSSR count). The molecule has 0 saturated carbocycles. The van der Waals surface area contributed by atoms with Crippen LogP contribution >= 0.6 is 11.3 Å². The predicted octanol–water partition coefficient (Wildman–Crippen LogP) is 1.26. The number of sulfonamides is 1. The van der Waals surface area contributed by atoms with Gasteiger partial charge in [0.25, 0.3) is 0 Å². The van der Waals surface area contributed by atoms with Gasteiger partial charge in [-0.25, -0.2) is 8.42 Å². The normalized spacial score (nSPS) is 18.9. The molecule has 0 amide bonds. The lowest BCUT2D eigenvalue weighted by Crippen LogP contribution is -2.44. The van der Waals surface area contributed by atoms with Crippen LogP contribution in [0.25, 0.3) is 0 Å². The molecule has 5 nitrogen and oxygen atoms in total. The van der Waals surface area contributed by atoms with Crippen LogP contribution < -0.4 is 0 Å². The Bertz CT molecular complexity index is 558. The fraction of sp³-hybridized carbons (Fsp3) is 0.692. The Morgan fingerprint density at radius 2 is 2.00 bits per heavy atom. The van der Waals surface area contributed by atoms with E-state index in [9.17, 15) is 8.42 Å². The van der Waals surface area contributed by atoms with Gasteiger partial charge in [0.05, 0.1) is 11.5 Å². The molecule has 0 radical (unpaired) electrons. The summed E-state index contributed by atoms with van der Waals surface area (Å²) in [6.07, 6.45) is 1.73. The lowest BCUT2D eigenvalue weighted by molar-refractivity contribution is 0.196. The van der Waals surface area contributed by atoms with E-state index in [0.29, 0.717) is 28.9 Å². The van der Waals surface area contributed by atoms with E-state index in [2.05, 4.69) is 4.90 Å². The number of rotatable bonds is 4. The van der Waals surface area contributed by atoms with Crippen molar-refractivity contribution >= 4 is 21.4 Å². The van der Waals surface area contributed by atoms with Crippen molar-refractivity contribution in [3.63, 3.8) is 0 Å². The maximum absolute atomic E-state index is 12.7. The van der Waals surface area contributed by atoms with Gasteiger partial charge in [0.1, 0.15) is 0 Å². The number of aryl methyl sites for hydroxylation is 1. The van der Waals surface area contributed by atoms with E-state index in [1.165, 1.54) is 11.3 Å². The monoisotopic (exact) mass is 318 g/mol. The molecule has 7 heteroatoms.